The summed E-state index contributed by atoms with van der Waals surface area (Å²) in [4.78, 5) is 11.6. The molecule has 3 aromatic rings. The van der Waals surface area contributed by atoms with E-state index < -0.39 is 5.63 Å². The molecule has 0 saturated carbocycles. The van der Waals surface area contributed by atoms with Crippen molar-refractivity contribution in [3.8, 4) is 16.9 Å². The molecule has 0 atom stereocenters. The van der Waals surface area contributed by atoms with Gasteiger partial charge in [-0.3, -0.25) is 0 Å². The van der Waals surface area contributed by atoms with Crippen LogP contribution >= 0.6 is 0 Å². The Morgan fingerprint density at radius 2 is 1.79 bits per heavy atom. The molecule has 0 unspecified atom stereocenters. The molecule has 0 aliphatic rings. The fraction of sp³-hybridized carbons (Fsp3) is 0.0625. The van der Waals surface area contributed by atoms with Gasteiger partial charge in [0.2, 0.25) is 0 Å². The van der Waals surface area contributed by atoms with Crippen LogP contribution in [0.4, 0.5) is 0 Å². The summed E-state index contributed by atoms with van der Waals surface area (Å²) >= 11 is 0. The Balaban J connectivity index is 2.39. The molecular formula is C16H12O3. The van der Waals surface area contributed by atoms with Crippen molar-refractivity contribution in [1.82, 2.24) is 0 Å². The van der Waals surface area contributed by atoms with Gasteiger partial charge in [-0.15, -0.1) is 0 Å². The normalized spacial score (nSPS) is 10.8. The summed E-state index contributed by atoms with van der Waals surface area (Å²) in [6, 6.07) is 14.1. The molecule has 0 amide bonds. The maximum atomic E-state index is 11.6. The molecule has 0 bridgehead atoms. The van der Waals surface area contributed by atoms with Gasteiger partial charge in [0.25, 0.3) is 0 Å². The quantitative estimate of drug-likeness (QED) is 0.674. The number of rotatable bonds is 1. The van der Waals surface area contributed by atoms with Crippen LogP contribution in [0, 0.1) is 6.92 Å². The molecular weight excluding hydrogens is 240 g/mol. The van der Waals surface area contributed by atoms with Crippen LogP contribution in [0.5, 0.6) is 5.75 Å². The summed E-state index contributed by atoms with van der Waals surface area (Å²) in [7, 11) is 0. The Morgan fingerprint density at radius 1 is 1.05 bits per heavy atom. The lowest BCUT2D eigenvalue weighted by molar-refractivity contribution is 0.479. The number of hydrogen-bond acceptors (Lipinski definition) is 3. The molecule has 3 heteroatoms. The highest BCUT2D eigenvalue weighted by Gasteiger charge is 2.11. The number of aromatic hydroxyl groups is 1. The van der Waals surface area contributed by atoms with Gasteiger partial charge in [0.05, 0.1) is 5.39 Å². The Hall–Kier alpha value is -2.55. The van der Waals surface area contributed by atoms with Gasteiger partial charge in [-0.05, 0) is 24.6 Å². The molecule has 94 valence electrons. The third-order valence-electron chi connectivity index (χ3n) is 3.11. The zero-order chi connectivity index (χ0) is 13.4. The lowest BCUT2D eigenvalue weighted by Crippen LogP contribution is -1.98. The highest BCUT2D eigenvalue weighted by Crippen LogP contribution is 2.33. The van der Waals surface area contributed by atoms with E-state index in [2.05, 4.69) is 0 Å². The summed E-state index contributed by atoms with van der Waals surface area (Å²) in [5.74, 6) is 0.108. The number of fused-ring (bicyclic) bond motifs is 1. The average Bonchev–Trinajstić information content (AvgIpc) is 2.38. The molecule has 0 aliphatic carbocycles. The van der Waals surface area contributed by atoms with Crippen LogP contribution in [0.25, 0.3) is 22.1 Å². The van der Waals surface area contributed by atoms with Gasteiger partial charge >= 0.3 is 5.63 Å². The molecule has 0 saturated heterocycles. The van der Waals surface area contributed by atoms with Gasteiger partial charge in [-0.1, -0.05) is 35.9 Å². The van der Waals surface area contributed by atoms with Gasteiger partial charge in [0, 0.05) is 11.6 Å². The van der Waals surface area contributed by atoms with Crippen molar-refractivity contribution >= 4 is 11.0 Å². The first-order chi connectivity index (χ1) is 9.15. The van der Waals surface area contributed by atoms with Gasteiger partial charge in [0.1, 0.15) is 11.3 Å². The first-order valence-electron chi connectivity index (χ1n) is 5.98. The third kappa shape index (κ3) is 1.99. The van der Waals surface area contributed by atoms with Gasteiger partial charge in [0.15, 0.2) is 0 Å². The first-order valence-corrected chi connectivity index (χ1v) is 5.98. The van der Waals surface area contributed by atoms with Crippen molar-refractivity contribution in [2.24, 2.45) is 0 Å². The van der Waals surface area contributed by atoms with Crippen molar-refractivity contribution < 1.29 is 9.52 Å². The number of benzene rings is 2. The molecule has 1 N–H and O–H groups in total. The monoisotopic (exact) mass is 252 g/mol. The predicted octanol–water partition coefficient (Wildman–Crippen LogP) is 3.47. The Bertz CT molecular complexity index is 798. The summed E-state index contributed by atoms with van der Waals surface area (Å²) in [5.41, 5.74) is 2.67. The van der Waals surface area contributed by atoms with E-state index in [1.54, 1.807) is 18.2 Å². The minimum absolute atomic E-state index is 0.108. The molecule has 3 nitrogen and oxygen atoms in total. The van der Waals surface area contributed by atoms with Gasteiger partial charge in [-0.2, -0.15) is 0 Å². The summed E-state index contributed by atoms with van der Waals surface area (Å²) in [6.45, 7) is 2.00. The molecule has 2 aromatic carbocycles. The molecule has 3 rings (SSSR count). The van der Waals surface area contributed by atoms with Gasteiger partial charge < -0.3 is 9.52 Å². The summed E-state index contributed by atoms with van der Waals surface area (Å²) < 4.78 is 5.11. The molecule has 0 aliphatic heterocycles. The number of phenolic OH excluding ortho intramolecular Hbond substituents is 1. The fourth-order valence-electron chi connectivity index (χ4n) is 2.16. The minimum Gasteiger partial charge on any atom is -0.507 e. The molecule has 0 fully saturated rings. The smallest absolute Gasteiger partial charge is 0.336 e. The highest BCUT2D eigenvalue weighted by atomic mass is 16.4. The van der Waals surface area contributed by atoms with E-state index in [-0.39, 0.29) is 5.75 Å². The number of phenols is 1. The van der Waals surface area contributed by atoms with Crippen LogP contribution in [0.2, 0.25) is 0 Å². The van der Waals surface area contributed by atoms with Crippen LogP contribution < -0.4 is 5.63 Å². The van der Waals surface area contributed by atoms with Crippen molar-refractivity contribution in [3.63, 3.8) is 0 Å². The predicted molar refractivity (Wildman–Crippen MR) is 74.3 cm³/mol. The maximum Gasteiger partial charge on any atom is 0.336 e. The lowest BCUT2D eigenvalue weighted by atomic mass is 10.0. The minimum atomic E-state index is -0.423. The summed E-state index contributed by atoms with van der Waals surface area (Å²) in [6.07, 6.45) is 0. The Kier molecular flexibility index (Phi) is 2.60. The van der Waals surface area contributed by atoms with Crippen LogP contribution in [0.3, 0.4) is 0 Å². The molecule has 0 spiro atoms. The standard InChI is InChI=1S/C16H12O3/c1-10-5-7-11(8-6-10)12-9-15(18)19-14-4-2-3-13(17)16(12)14/h2-9,17H,1H3. The van der Waals surface area contributed by atoms with Gasteiger partial charge in [-0.25, -0.2) is 4.79 Å². The van der Waals surface area contributed by atoms with E-state index in [0.717, 1.165) is 11.1 Å². The van der Waals surface area contributed by atoms with E-state index >= 15 is 0 Å². The highest BCUT2D eigenvalue weighted by molar-refractivity contribution is 5.97. The number of aryl methyl sites for hydroxylation is 1. The number of hydrogen-bond donors (Lipinski definition) is 1. The maximum absolute atomic E-state index is 11.6. The third-order valence-corrected chi connectivity index (χ3v) is 3.11. The SMILES string of the molecule is Cc1ccc(-c2cc(=O)oc3cccc(O)c23)cc1. The van der Waals surface area contributed by atoms with Crippen molar-refractivity contribution in [3.05, 3.63) is 64.5 Å². The lowest BCUT2D eigenvalue weighted by Gasteiger charge is -2.07. The second-order valence-corrected chi connectivity index (χ2v) is 4.50. The Morgan fingerprint density at radius 3 is 2.53 bits per heavy atom. The van der Waals surface area contributed by atoms with E-state index in [4.69, 9.17) is 4.42 Å². The summed E-state index contributed by atoms with van der Waals surface area (Å²) in [5, 5.41) is 10.6. The van der Waals surface area contributed by atoms with E-state index in [1.807, 2.05) is 31.2 Å². The van der Waals surface area contributed by atoms with Crippen LogP contribution in [-0.4, -0.2) is 5.11 Å². The van der Waals surface area contributed by atoms with Crippen molar-refractivity contribution in [1.29, 1.82) is 0 Å². The first kappa shape index (κ1) is 11.5. The topological polar surface area (TPSA) is 50.4 Å². The second-order valence-electron chi connectivity index (χ2n) is 4.50. The largest absolute Gasteiger partial charge is 0.507 e. The fourth-order valence-corrected chi connectivity index (χ4v) is 2.16. The van der Waals surface area contributed by atoms with E-state index in [0.29, 0.717) is 16.5 Å². The van der Waals surface area contributed by atoms with Crippen molar-refractivity contribution in [2.45, 2.75) is 6.92 Å². The second kappa shape index (κ2) is 4.28. The van der Waals surface area contributed by atoms with Crippen LogP contribution in [-0.2, 0) is 0 Å². The van der Waals surface area contributed by atoms with Crippen LogP contribution in [0.15, 0.2) is 57.7 Å². The molecule has 19 heavy (non-hydrogen) atoms. The zero-order valence-corrected chi connectivity index (χ0v) is 10.4. The Labute approximate surface area is 109 Å². The molecule has 1 heterocycles. The van der Waals surface area contributed by atoms with Crippen LogP contribution in [0.1, 0.15) is 5.56 Å². The molecule has 1 aromatic heterocycles. The molecule has 0 radical (unpaired) electrons. The average molecular weight is 252 g/mol. The van der Waals surface area contributed by atoms with E-state index in [1.165, 1.54) is 6.07 Å². The zero-order valence-electron chi connectivity index (χ0n) is 10.4. The van der Waals surface area contributed by atoms with Crippen molar-refractivity contribution in [2.75, 3.05) is 0 Å². The van der Waals surface area contributed by atoms with E-state index in [9.17, 15) is 9.90 Å².